The van der Waals surface area contributed by atoms with Crippen molar-refractivity contribution in [2.24, 2.45) is 0 Å². The Balaban J connectivity index is 0.00000256. The van der Waals surface area contributed by atoms with Crippen molar-refractivity contribution in [1.82, 2.24) is 25.3 Å². The smallest absolute Gasteiger partial charge is 0.324 e. The number of likely N-dealkylation sites (tertiary alicyclic amines) is 1. The van der Waals surface area contributed by atoms with Crippen LogP contribution in [0.5, 0.6) is 0 Å². The molecule has 1 atom stereocenters. The van der Waals surface area contributed by atoms with Gasteiger partial charge in [0.1, 0.15) is 0 Å². The molecule has 1 unspecified atom stereocenters. The summed E-state index contributed by atoms with van der Waals surface area (Å²) in [6.45, 7) is 3.15. The molecule has 3 heterocycles. The Morgan fingerprint density at radius 2 is 1.93 bits per heavy atom. The molecule has 0 saturated carbocycles. The molecule has 30 heavy (non-hydrogen) atoms. The van der Waals surface area contributed by atoms with Gasteiger partial charge in [0.05, 0.1) is 19.6 Å². The van der Waals surface area contributed by atoms with Crippen LogP contribution in [0.3, 0.4) is 0 Å². The number of hydrogen-bond acceptors (Lipinski definition) is 5. The molecule has 0 aliphatic carbocycles. The number of piperidine rings is 1. The van der Waals surface area contributed by atoms with E-state index in [1.807, 2.05) is 4.90 Å². The van der Waals surface area contributed by atoms with Crippen LogP contribution in [0.4, 0.5) is 4.79 Å². The van der Waals surface area contributed by atoms with Crippen molar-refractivity contribution in [3.8, 4) is 0 Å². The standard InChI is InChI=1S/C20H25N5O4.ClH/c26-17-10-21-6-8-24(17)16-5-2-7-23(13-16)19(28)15-4-1-3-14(9-15)12-25-18(27)11-22-20(25)29;/h1,3-4,9,16,21H,2,5-8,10-13H2,(H,22,29);1H. The monoisotopic (exact) mass is 435 g/mol. The Morgan fingerprint density at radius 1 is 1.10 bits per heavy atom. The van der Waals surface area contributed by atoms with E-state index in [9.17, 15) is 19.2 Å². The van der Waals surface area contributed by atoms with E-state index < -0.39 is 6.03 Å². The quantitative estimate of drug-likeness (QED) is 0.658. The van der Waals surface area contributed by atoms with Gasteiger partial charge >= 0.3 is 6.03 Å². The van der Waals surface area contributed by atoms with Gasteiger partial charge in [-0.25, -0.2) is 4.79 Å². The Labute approximate surface area is 181 Å². The number of carbonyl (C=O) groups excluding carboxylic acids is 4. The van der Waals surface area contributed by atoms with Crippen LogP contribution < -0.4 is 10.6 Å². The van der Waals surface area contributed by atoms with Crippen LogP contribution in [0.25, 0.3) is 0 Å². The van der Waals surface area contributed by atoms with Crippen molar-refractivity contribution in [2.45, 2.75) is 25.4 Å². The molecule has 3 fully saturated rings. The number of benzene rings is 1. The second-order valence-electron chi connectivity index (χ2n) is 7.65. The molecule has 3 aliphatic rings. The highest BCUT2D eigenvalue weighted by Gasteiger charge is 2.32. The van der Waals surface area contributed by atoms with Gasteiger partial charge in [-0.2, -0.15) is 0 Å². The van der Waals surface area contributed by atoms with E-state index in [1.165, 1.54) is 0 Å². The Hall–Kier alpha value is -2.65. The Kier molecular flexibility index (Phi) is 6.94. The van der Waals surface area contributed by atoms with Crippen LogP contribution >= 0.6 is 12.4 Å². The predicted molar refractivity (Wildman–Crippen MR) is 111 cm³/mol. The maximum Gasteiger partial charge on any atom is 0.324 e. The van der Waals surface area contributed by atoms with Gasteiger partial charge in [-0.05, 0) is 30.5 Å². The van der Waals surface area contributed by atoms with Crippen molar-refractivity contribution in [3.63, 3.8) is 0 Å². The molecule has 1 aromatic rings. The van der Waals surface area contributed by atoms with Crippen molar-refractivity contribution in [1.29, 1.82) is 0 Å². The van der Waals surface area contributed by atoms with Crippen molar-refractivity contribution in [3.05, 3.63) is 35.4 Å². The lowest BCUT2D eigenvalue weighted by molar-refractivity contribution is -0.135. The van der Waals surface area contributed by atoms with Crippen LogP contribution in [0.1, 0.15) is 28.8 Å². The van der Waals surface area contributed by atoms with E-state index >= 15 is 0 Å². The minimum atomic E-state index is -0.411. The Bertz CT molecular complexity index is 832. The van der Waals surface area contributed by atoms with Crippen LogP contribution in [0, 0.1) is 0 Å². The summed E-state index contributed by atoms with van der Waals surface area (Å²) in [4.78, 5) is 53.7. The minimum Gasteiger partial charge on any atom is -0.337 e. The van der Waals surface area contributed by atoms with E-state index in [-0.39, 0.29) is 49.3 Å². The topological polar surface area (TPSA) is 102 Å². The molecule has 3 saturated heterocycles. The summed E-state index contributed by atoms with van der Waals surface area (Å²) >= 11 is 0. The molecule has 5 amide bonds. The fraction of sp³-hybridized carbons (Fsp3) is 0.500. The van der Waals surface area contributed by atoms with Crippen LogP contribution in [-0.4, -0.2) is 83.8 Å². The highest BCUT2D eigenvalue weighted by molar-refractivity contribution is 6.02. The highest BCUT2D eigenvalue weighted by Crippen LogP contribution is 2.20. The van der Waals surface area contributed by atoms with Gasteiger partial charge in [-0.3, -0.25) is 19.3 Å². The van der Waals surface area contributed by atoms with Gasteiger partial charge in [-0.15, -0.1) is 12.4 Å². The van der Waals surface area contributed by atoms with Gasteiger partial charge in [0.15, 0.2) is 0 Å². The number of rotatable bonds is 4. The van der Waals surface area contributed by atoms with Crippen molar-refractivity contribution in [2.75, 3.05) is 39.3 Å². The first-order valence-electron chi connectivity index (χ1n) is 9.99. The summed E-state index contributed by atoms with van der Waals surface area (Å²) in [7, 11) is 0. The minimum absolute atomic E-state index is 0. The first-order chi connectivity index (χ1) is 14.0. The normalized spacial score (nSPS) is 22.1. The number of urea groups is 1. The SMILES string of the molecule is Cl.O=C(c1cccc(CN2C(=O)CNC2=O)c1)N1CCCC(N2CCNCC2=O)C1. The molecule has 162 valence electrons. The highest BCUT2D eigenvalue weighted by atomic mass is 35.5. The van der Waals surface area contributed by atoms with Crippen LogP contribution in [0.2, 0.25) is 0 Å². The summed E-state index contributed by atoms with van der Waals surface area (Å²) in [5.41, 5.74) is 1.26. The van der Waals surface area contributed by atoms with Gasteiger partial charge in [0.2, 0.25) is 11.8 Å². The van der Waals surface area contributed by atoms with Gasteiger partial charge in [0, 0.05) is 37.8 Å². The van der Waals surface area contributed by atoms with E-state index in [2.05, 4.69) is 10.6 Å². The molecule has 0 aromatic heterocycles. The molecule has 2 N–H and O–H groups in total. The fourth-order valence-electron chi connectivity index (χ4n) is 4.18. The number of nitrogens with one attached hydrogen (secondary N) is 2. The second kappa shape index (κ2) is 9.44. The molecule has 1 aromatic carbocycles. The molecule has 0 radical (unpaired) electrons. The molecule has 9 nitrogen and oxygen atoms in total. The molecule has 3 aliphatic heterocycles. The van der Waals surface area contributed by atoms with E-state index in [0.717, 1.165) is 29.8 Å². The largest absolute Gasteiger partial charge is 0.337 e. The zero-order chi connectivity index (χ0) is 20.4. The number of piperazine rings is 1. The van der Waals surface area contributed by atoms with Gasteiger partial charge in [0.25, 0.3) is 5.91 Å². The fourth-order valence-corrected chi connectivity index (χ4v) is 4.18. The average Bonchev–Trinajstić information content (AvgIpc) is 3.06. The number of nitrogens with zero attached hydrogens (tertiary/aromatic N) is 3. The first kappa shape index (κ1) is 22.0. The van der Waals surface area contributed by atoms with Gasteiger partial charge < -0.3 is 20.4 Å². The summed E-state index contributed by atoms with van der Waals surface area (Å²) in [5.74, 6) is -0.270. The lowest BCUT2D eigenvalue weighted by Crippen LogP contribution is -2.57. The molecule has 4 rings (SSSR count). The number of hydrogen-bond donors (Lipinski definition) is 2. The third kappa shape index (κ3) is 4.57. The maximum absolute atomic E-state index is 13.1. The summed E-state index contributed by atoms with van der Waals surface area (Å²) in [6.07, 6.45) is 1.76. The van der Waals surface area contributed by atoms with E-state index in [4.69, 9.17) is 0 Å². The van der Waals surface area contributed by atoms with Crippen molar-refractivity contribution < 1.29 is 19.2 Å². The molecule has 0 spiro atoms. The van der Waals surface area contributed by atoms with E-state index in [1.54, 1.807) is 29.2 Å². The first-order valence-corrected chi connectivity index (χ1v) is 9.99. The number of amides is 5. The lowest BCUT2D eigenvalue weighted by atomic mass is 10.0. The molecule has 0 bridgehead atoms. The Morgan fingerprint density at radius 3 is 2.67 bits per heavy atom. The number of halogens is 1. The second-order valence-corrected chi connectivity index (χ2v) is 7.65. The lowest BCUT2D eigenvalue weighted by Gasteiger charge is -2.41. The zero-order valence-corrected chi connectivity index (χ0v) is 17.5. The zero-order valence-electron chi connectivity index (χ0n) is 16.6. The molecular formula is C20H26ClN5O4. The maximum atomic E-state index is 13.1. The molecule has 10 heteroatoms. The summed E-state index contributed by atoms with van der Waals surface area (Å²) in [5, 5.41) is 5.57. The van der Waals surface area contributed by atoms with Gasteiger partial charge in [-0.1, -0.05) is 12.1 Å². The van der Waals surface area contributed by atoms with Crippen LogP contribution in [0.15, 0.2) is 24.3 Å². The van der Waals surface area contributed by atoms with Crippen molar-refractivity contribution >= 4 is 36.2 Å². The average molecular weight is 436 g/mol. The number of imide groups is 1. The summed E-state index contributed by atoms with van der Waals surface area (Å²) < 4.78 is 0. The molecular weight excluding hydrogens is 410 g/mol. The van der Waals surface area contributed by atoms with Crippen LogP contribution in [-0.2, 0) is 16.1 Å². The van der Waals surface area contributed by atoms with E-state index in [0.29, 0.717) is 31.7 Å². The predicted octanol–water partition coefficient (Wildman–Crippen LogP) is 0.197. The third-order valence-electron chi connectivity index (χ3n) is 5.70. The number of carbonyl (C=O) groups is 4. The summed E-state index contributed by atoms with van der Waals surface area (Å²) in [6, 6.07) is 6.69. The third-order valence-corrected chi connectivity index (χ3v) is 5.70.